The van der Waals surface area contributed by atoms with Crippen LogP contribution in [0.15, 0.2) is 23.0 Å². The van der Waals surface area contributed by atoms with Crippen LogP contribution in [0.2, 0.25) is 0 Å². The summed E-state index contributed by atoms with van der Waals surface area (Å²) in [6.45, 7) is 0. The van der Waals surface area contributed by atoms with Gasteiger partial charge < -0.3 is 10.7 Å². The van der Waals surface area contributed by atoms with Gasteiger partial charge in [-0.3, -0.25) is 4.79 Å². The number of nitrogen functional groups attached to an aromatic ring is 1. The van der Waals surface area contributed by atoms with E-state index in [9.17, 15) is 14.4 Å². The Bertz CT molecular complexity index is 923. The van der Waals surface area contributed by atoms with Crippen LogP contribution in [0.3, 0.4) is 0 Å². The fraction of sp³-hybridized carbons (Fsp3) is 0. The molecule has 0 aliphatic rings. The molecule has 0 aliphatic heterocycles. The number of pyridine rings is 1. The van der Waals surface area contributed by atoms with Gasteiger partial charge in [-0.25, -0.2) is 4.39 Å². The lowest BCUT2D eigenvalue weighted by Crippen LogP contribution is -2.16. The molecule has 0 bridgehead atoms. The number of anilines is 1. The van der Waals surface area contributed by atoms with Crippen LogP contribution in [-0.4, -0.2) is 4.98 Å². The molecule has 2 aromatic rings. The predicted octanol–water partition coefficient (Wildman–Crippen LogP) is 1.49. The zero-order valence-electron chi connectivity index (χ0n) is 10.6. The first-order chi connectivity index (χ1) is 10.0. The fourth-order valence-corrected chi connectivity index (χ4v) is 1.95. The number of nitrogens with two attached hydrogens (primary N) is 1. The zero-order valence-corrected chi connectivity index (χ0v) is 10.6. The van der Waals surface area contributed by atoms with Crippen molar-refractivity contribution in [2.45, 2.75) is 0 Å². The van der Waals surface area contributed by atoms with Crippen molar-refractivity contribution >= 4 is 5.82 Å². The summed E-state index contributed by atoms with van der Waals surface area (Å²) in [5, 5.41) is 18.3. The largest absolute Gasteiger partial charge is 0.384 e. The monoisotopic (exact) mass is 278 g/mol. The molecule has 3 N–H and O–H groups in total. The quantitative estimate of drug-likeness (QED) is 0.770. The highest BCUT2D eigenvalue weighted by atomic mass is 19.1. The molecule has 5 nitrogen and oxygen atoms in total. The Morgan fingerprint density at radius 1 is 1.19 bits per heavy atom. The lowest BCUT2D eigenvalue weighted by molar-refractivity contribution is 0.628. The average Bonchev–Trinajstić information content (AvgIpc) is 2.45. The predicted molar refractivity (Wildman–Crippen MR) is 74.2 cm³/mol. The molecule has 0 saturated heterocycles. The Balaban J connectivity index is 2.97. The highest BCUT2D eigenvalue weighted by molar-refractivity contribution is 5.80. The van der Waals surface area contributed by atoms with Crippen molar-refractivity contribution in [2.75, 3.05) is 5.73 Å². The average molecular weight is 278 g/mol. The smallest absolute Gasteiger partial charge is 0.268 e. The first-order valence-corrected chi connectivity index (χ1v) is 5.65. The van der Waals surface area contributed by atoms with Gasteiger partial charge in [0.1, 0.15) is 34.9 Å². The van der Waals surface area contributed by atoms with E-state index in [0.29, 0.717) is 0 Å². The maximum absolute atomic E-state index is 13.6. The molecule has 6 heteroatoms. The van der Waals surface area contributed by atoms with Crippen molar-refractivity contribution in [1.82, 2.24) is 4.98 Å². The van der Waals surface area contributed by atoms with Crippen LogP contribution in [0.4, 0.5) is 10.2 Å². The van der Waals surface area contributed by atoms with Crippen LogP contribution in [0.1, 0.15) is 16.7 Å². The Labute approximate surface area is 119 Å². The Hall–Kier alpha value is -3.56. The van der Waals surface area contributed by atoms with E-state index in [4.69, 9.17) is 17.4 Å². The summed E-state index contributed by atoms with van der Waals surface area (Å²) < 4.78 is 13.6. The van der Waals surface area contributed by atoms with E-state index in [2.05, 4.69) is 10.9 Å². The second-order valence-corrected chi connectivity index (χ2v) is 4.09. The van der Waals surface area contributed by atoms with Crippen LogP contribution in [-0.2, 0) is 0 Å². The van der Waals surface area contributed by atoms with E-state index in [0.717, 1.165) is 12.1 Å². The second-order valence-electron chi connectivity index (χ2n) is 4.09. The van der Waals surface area contributed by atoms with Crippen molar-refractivity contribution in [2.24, 2.45) is 0 Å². The van der Waals surface area contributed by atoms with E-state index >= 15 is 0 Å². The fourth-order valence-electron chi connectivity index (χ4n) is 1.95. The third-order valence-electron chi connectivity index (χ3n) is 2.82. The zero-order chi connectivity index (χ0) is 15.6. The van der Waals surface area contributed by atoms with Gasteiger partial charge in [-0.05, 0) is 23.8 Å². The first kappa shape index (κ1) is 13.9. The van der Waals surface area contributed by atoms with Gasteiger partial charge in [0.05, 0.1) is 0 Å². The lowest BCUT2D eigenvalue weighted by atomic mass is 9.95. The molecule has 1 aromatic carbocycles. The Kier molecular flexibility index (Phi) is 3.44. The number of benzene rings is 1. The van der Waals surface area contributed by atoms with E-state index in [1.165, 1.54) is 6.07 Å². The van der Waals surface area contributed by atoms with E-state index in [-0.39, 0.29) is 33.6 Å². The van der Waals surface area contributed by atoms with Gasteiger partial charge in [0, 0.05) is 11.1 Å². The van der Waals surface area contributed by atoms with Gasteiger partial charge in [0.2, 0.25) is 0 Å². The summed E-state index contributed by atoms with van der Waals surface area (Å²) in [4.78, 5) is 14.0. The summed E-state index contributed by atoms with van der Waals surface area (Å²) in [6, 6.07) is 7.10. The number of nitriles is 2. The van der Waals surface area contributed by atoms with Crippen LogP contribution in [0.5, 0.6) is 0 Å². The van der Waals surface area contributed by atoms with E-state index in [1.807, 2.05) is 0 Å². The molecule has 100 valence electrons. The molecule has 0 radical (unpaired) electrons. The number of terminal acetylenes is 1. The van der Waals surface area contributed by atoms with Gasteiger partial charge in [0.25, 0.3) is 5.56 Å². The van der Waals surface area contributed by atoms with Crippen molar-refractivity contribution < 1.29 is 4.39 Å². The number of aromatic nitrogens is 1. The summed E-state index contributed by atoms with van der Waals surface area (Å²) in [7, 11) is 0. The molecule has 0 amide bonds. The summed E-state index contributed by atoms with van der Waals surface area (Å²) in [5.41, 5.74) is 4.73. The number of rotatable bonds is 1. The topological polar surface area (TPSA) is 106 Å². The maximum atomic E-state index is 13.6. The minimum absolute atomic E-state index is 0.0303. The molecule has 1 aromatic heterocycles. The molecule has 0 spiro atoms. The van der Waals surface area contributed by atoms with Crippen molar-refractivity contribution in [3.63, 3.8) is 0 Å². The second kappa shape index (κ2) is 5.21. The van der Waals surface area contributed by atoms with Gasteiger partial charge in [-0.15, -0.1) is 6.42 Å². The number of nitrogens with one attached hydrogen (secondary N) is 1. The minimum atomic E-state index is -0.754. The number of halogens is 1. The summed E-state index contributed by atoms with van der Waals surface area (Å²) in [6.07, 6.45) is 5.23. The highest BCUT2D eigenvalue weighted by Crippen LogP contribution is 2.29. The lowest BCUT2D eigenvalue weighted by Gasteiger charge is -2.09. The number of nitrogens with zero attached hydrogens (tertiary/aromatic N) is 2. The van der Waals surface area contributed by atoms with Crippen molar-refractivity contribution in [3.05, 3.63) is 51.1 Å². The number of H-pyrrole nitrogens is 1. The minimum Gasteiger partial charge on any atom is -0.384 e. The van der Waals surface area contributed by atoms with Crippen LogP contribution in [0, 0.1) is 40.8 Å². The molecule has 21 heavy (non-hydrogen) atoms. The molecule has 2 rings (SSSR count). The van der Waals surface area contributed by atoms with E-state index in [1.54, 1.807) is 12.1 Å². The Morgan fingerprint density at radius 3 is 2.43 bits per heavy atom. The SMILES string of the molecule is C#Cc1cc(F)cc(-c2c(C#N)c(N)[nH]c(=O)c2C#N)c1. The summed E-state index contributed by atoms with van der Waals surface area (Å²) in [5.74, 6) is 1.42. The highest BCUT2D eigenvalue weighted by Gasteiger charge is 2.18. The molecule has 0 aliphatic carbocycles. The maximum Gasteiger partial charge on any atom is 0.268 e. The Morgan fingerprint density at radius 2 is 1.86 bits per heavy atom. The third-order valence-corrected chi connectivity index (χ3v) is 2.82. The van der Waals surface area contributed by atoms with Gasteiger partial charge in [0.15, 0.2) is 0 Å². The molecule has 0 atom stereocenters. The molecule has 1 heterocycles. The molecular weight excluding hydrogens is 271 g/mol. The van der Waals surface area contributed by atoms with Crippen LogP contribution < -0.4 is 11.3 Å². The number of hydrogen-bond acceptors (Lipinski definition) is 4. The third kappa shape index (κ3) is 2.32. The van der Waals surface area contributed by atoms with Gasteiger partial charge in [-0.2, -0.15) is 10.5 Å². The molecule has 0 unspecified atom stereocenters. The first-order valence-electron chi connectivity index (χ1n) is 5.65. The number of hydrogen-bond donors (Lipinski definition) is 2. The van der Waals surface area contributed by atoms with Gasteiger partial charge >= 0.3 is 0 Å². The van der Waals surface area contributed by atoms with Crippen LogP contribution >= 0.6 is 0 Å². The summed E-state index contributed by atoms with van der Waals surface area (Å²) >= 11 is 0. The van der Waals surface area contributed by atoms with Crippen LogP contribution in [0.25, 0.3) is 11.1 Å². The van der Waals surface area contributed by atoms with Crippen molar-refractivity contribution in [3.8, 4) is 35.6 Å². The molecule has 0 fully saturated rings. The molecular formula is C15H7FN4O. The normalized spacial score (nSPS) is 9.43. The van der Waals surface area contributed by atoms with Crippen molar-refractivity contribution in [1.29, 1.82) is 10.5 Å². The number of aromatic amines is 1. The standard InChI is InChI=1S/C15H7FN4O/c1-2-8-3-9(5-10(16)4-8)13-11(6-17)14(19)20-15(21)12(13)7-18/h1,3-5H,(H3,19,20,21). The van der Waals surface area contributed by atoms with E-state index < -0.39 is 11.4 Å². The molecule has 0 saturated carbocycles. The van der Waals surface area contributed by atoms with Gasteiger partial charge in [-0.1, -0.05) is 5.92 Å².